The topological polar surface area (TPSA) is 43.4 Å². The molecule has 0 aliphatic heterocycles. The molecule has 118 valence electrons. The number of benzene rings is 1. The molecule has 0 aliphatic rings. The first-order valence-electron chi connectivity index (χ1n) is 6.63. The third kappa shape index (κ3) is 5.00. The molecule has 0 aliphatic carbocycles. The zero-order valence-electron chi connectivity index (χ0n) is 12.9. The van der Waals surface area contributed by atoms with Crippen molar-refractivity contribution in [3.63, 3.8) is 0 Å². The first-order chi connectivity index (χ1) is 10.2. The van der Waals surface area contributed by atoms with E-state index in [2.05, 4.69) is 0 Å². The van der Waals surface area contributed by atoms with E-state index in [9.17, 15) is 9.59 Å². The van der Waals surface area contributed by atoms with Gasteiger partial charge in [-0.1, -0.05) is 56.1 Å². The monoisotopic (exact) mass is 340 g/mol. The number of carbonyl (C=O) groups is 2. The lowest BCUT2D eigenvalue weighted by atomic mass is 9.90. The molecule has 5 heteroatoms. The van der Waals surface area contributed by atoms with Crippen LogP contribution < -0.4 is 0 Å². The van der Waals surface area contributed by atoms with Crippen LogP contribution in [0.25, 0.3) is 5.57 Å². The molecule has 1 rings (SSSR count). The molecular formula is C17H18Cl2O3. The number of allylic oxidation sites excluding steroid dienone is 3. The van der Waals surface area contributed by atoms with Gasteiger partial charge in [0.15, 0.2) is 5.78 Å². The Kier molecular flexibility index (Phi) is 6.39. The highest BCUT2D eigenvalue weighted by Gasteiger charge is 2.18. The lowest BCUT2D eigenvalue weighted by Gasteiger charge is -2.12. The highest BCUT2D eigenvalue weighted by atomic mass is 35.5. The number of carbonyl (C=O) groups excluding carboxylic acids is 2. The highest BCUT2D eigenvalue weighted by Crippen LogP contribution is 2.27. The van der Waals surface area contributed by atoms with Gasteiger partial charge in [0.1, 0.15) is 0 Å². The summed E-state index contributed by atoms with van der Waals surface area (Å²) in [6, 6.07) is 4.84. The van der Waals surface area contributed by atoms with Gasteiger partial charge in [-0.3, -0.25) is 4.79 Å². The van der Waals surface area contributed by atoms with Crippen molar-refractivity contribution in [2.24, 2.45) is 5.41 Å². The van der Waals surface area contributed by atoms with E-state index >= 15 is 0 Å². The lowest BCUT2D eigenvalue weighted by Crippen LogP contribution is -2.17. The largest absolute Gasteiger partial charge is 0.465 e. The smallest absolute Gasteiger partial charge is 0.338 e. The van der Waals surface area contributed by atoms with E-state index < -0.39 is 11.4 Å². The van der Waals surface area contributed by atoms with E-state index in [0.717, 1.165) is 0 Å². The van der Waals surface area contributed by atoms with Crippen molar-refractivity contribution in [1.29, 1.82) is 0 Å². The predicted octanol–water partition coefficient (Wildman–Crippen LogP) is 4.72. The van der Waals surface area contributed by atoms with E-state index in [1.165, 1.54) is 25.3 Å². The number of rotatable bonds is 4. The molecule has 0 saturated carbocycles. The van der Waals surface area contributed by atoms with Crippen LogP contribution in [0.4, 0.5) is 0 Å². The van der Waals surface area contributed by atoms with Gasteiger partial charge in [-0.05, 0) is 29.8 Å². The van der Waals surface area contributed by atoms with E-state index in [1.54, 1.807) is 18.2 Å². The van der Waals surface area contributed by atoms with Crippen LogP contribution in [-0.4, -0.2) is 18.9 Å². The van der Waals surface area contributed by atoms with Gasteiger partial charge in [-0.15, -0.1) is 0 Å². The number of hydrogen-bond acceptors (Lipinski definition) is 3. The van der Waals surface area contributed by atoms with Crippen LogP contribution in [0.3, 0.4) is 0 Å². The molecule has 0 saturated heterocycles. The van der Waals surface area contributed by atoms with Gasteiger partial charge in [0.2, 0.25) is 0 Å². The van der Waals surface area contributed by atoms with Crippen molar-refractivity contribution in [3.05, 3.63) is 52.0 Å². The fourth-order valence-electron chi connectivity index (χ4n) is 1.54. The fraction of sp³-hybridized carbons (Fsp3) is 0.294. The molecule has 0 N–H and O–H groups in total. The van der Waals surface area contributed by atoms with Gasteiger partial charge >= 0.3 is 5.97 Å². The number of hydrogen-bond donors (Lipinski definition) is 0. The summed E-state index contributed by atoms with van der Waals surface area (Å²) in [7, 11) is 1.29. The number of ether oxygens (including phenoxy) is 1. The summed E-state index contributed by atoms with van der Waals surface area (Å²) >= 11 is 11.8. The van der Waals surface area contributed by atoms with Crippen molar-refractivity contribution in [3.8, 4) is 0 Å². The maximum Gasteiger partial charge on any atom is 0.338 e. The predicted molar refractivity (Wildman–Crippen MR) is 90.1 cm³/mol. The number of ketones is 1. The molecule has 0 aromatic heterocycles. The Balaban J connectivity index is 3.16. The standard InChI is InChI=1S/C17H18Cl2O3/c1-17(2,3)15(20)7-5-6-12(16(21)22-4)11-8-9-13(18)14(19)10-11/h5-10H,1-4H3. The quantitative estimate of drug-likeness (QED) is 0.452. The average molecular weight is 341 g/mol. The number of halogens is 2. The summed E-state index contributed by atoms with van der Waals surface area (Å²) in [4.78, 5) is 23.7. The second-order valence-electron chi connectivity index (χ2n) is 5.67. The molecule has 0 unspecified atom stereocenters. The van der Waals surface area contributed by atoms with Gasteiger partial charge in [0.05, 0.1) is 22.7 Å². The number of esters is 1. The molecule has 0 bridgehead atoms. The molecule has 22 heavy (non-hydrogen) atoms. The van der Waals surface area contributed by atoms with E-state index in [4.69, 9.17) is 27.9 Å². The molecule has 1 aromatic rings. The van der Waals surface area contributed by atoms with Crippen LogP contribution >= 0.6 is 23.2 Å². The third-order valence-corrected chi connectivity index (χ3v) is 3.62. The van der Waals surface area contributed by atoms with Crippen LogP contribution in [0.2, 0.25) is 10.0 Å². The van der Waals surface area contributed by atoms with Crippen molar-refractivity contribution in [1.82, 2.24) is 0 Å². The van der Waals surface area contributed by atoms with E-state index in [-0.39, 0.29) is 5.78 Å². The second-order valence-corrected chi connectivity index (χ2v) is 6.49. The summed E-state index contributed by atoms with van der Waals surface area (Å²) in [6.07, 6.45) is 4.48. The van der Waals surface area contributed by atoms with Crippen molar-refractivity contribution in [2.75, 3.05) is 7.11 Å². The Morgan fingerprint density at radius 1 is 1.14 bits per heavy atom. The van der Waals surface area contributed by atoms with Gasteiger partial charge in [-0.2, -0.15) is 0 Å². The maximum absolute atomic E-state index is 11.9. The average Bonchev–Trinajstić information content (AvgIpc) is 2.44. The summed E-state index contributed by atoms with van der Waals surface area (Å²) in [6.45, 7) is 5.47. The van der Waals surface area contributed by atoms with Crippen LogP contribution in [0.5, 0.6) is 0 Å². The second kappa shape index (κ2) is 7.61. The zero-order chi connectivity index (χ0) is 16.9. The molecule has 0 atom stereocenters. The van der Waals surface area contributed by atoms with Crippen molar-refractivity contribution < 1.29 is 14.3 Å². The van der Waals surface area contributed by atoms with Crippen LogP contribution in [0.15, 0.2) is 36.4 Å². The van der Waals surface area contributed by atoms with Crippen LogP contribution in [0.1, 0.15) is 26.3 Å². The maximum atomic E-state index is 11.9. The summed E-state index contributed by atoms with van der Waals surface area (Å²) in [5.41, 5.74) is 0.382. The van der Waals surface area contributed by atoms with Gasteiger partial charge in [0, 0.05) is 5.41 Å². The Hall–Kier alpha value is -1.58. The Bertz CT molecular complexity index is 638. The molecule has 0 fully saturated rings. The van der Waals surface area contributed by atoms with E-state index in [0.29, 0.717) is 21.2 Å². The minimum Gasteiger partial charge on any atom is -0.465 e. The van der Waals surface area contributed by atoms with Crippen molar-refractivity contribution in [2.45, 2.75) is 20.8 Å². The Labute approximate surface area is 140 Å². The molecule has 0 heterocycles. The molecule has 0 amide bonds. The zero-order valence-corrected chi connectivity index (χ0v) is 14.5. The Morgan fingerprint density at radius 3 is 2.27 bits per heavy atom. The fourth-order valence-corrected chi connectivity index (χ4v) is 1.84. The molecule has 1 aromatic carbocycles. The van der Waals surface area contributed by atoms with Crippen molar-refractivity contribution >= 4 is 40.5 Å². The normalized spacial score (nSPS) is 12.5. The SMILES string of the molecule is COC(=O)C(=CC=CC(=O)C(C)(C)C)c1ccc(Cl)c(Cl)c1. The number of methoxy groups -OCH3 is 1. The van der Waals surface area contributed by atoms with Crippen LogP contribution in [-0.2, 0) is 14.3 Å². The minimum atomic E-state index is -0.522. The van der Waals surface area contributed by atoms with Gasteiger partial charge in [-0.25, -0.2) is 4.79 Å². The van der Waals surface area contributed by atoms with Crippen LogP contribution in [0, 0.1) is 5.41 Å². The Morgan fingerprint density at radius 2 is 1.77 bits per heavy atom. The first kappa shape index (κ1) is 18.5. The lowest BCUT2D eigenvalue weighted by molar-refractivity contribution is -0.133. The minimum absolute atomic E-state index is 0.0397. The highest BCUT2D eigenvalue weighted by molar-refractivity contribution is 6.42. The third-order valence-electron chi connectivity index (χ3n) is 2.89. The summed E-state index contributed by atoms with van der Waals surface area (Å²) in [5, 5.41) is 0.733. The van der Waals surface area contributed by atoms with E-state index in [1.807, 2.05) is 20.8 Å². The van der Waals surface area contributed by atoms with Gasteiger partial charge in [0.25, 0.3) is 0 Å². The summed E-state index contributed by atoms with van der Waals surface area (Å²) < 4.78 is 4.76. The molecular weight excluding hydrogens is 323 g/mol. The first-order valence-corrected chi connectivity index (χ1v) is 7.39. The molecule has 0 spiro atoms. The molecule has 3 nitrogen and oxygen atoms in total. The van der Waals surface area contributed by atoms with Gasteiger partial charge < -0.3 is 4.74 Å². The summed E-state index contributed by atoms with van der Waals surface area (Å²) in [5.74, 6) is -0.562. The molecule has 0 radical (unpaired) electrons.